The van der Waals surface area contributed by atoms with E-state index in [1.54, 1.807) is 30.1 Å². The largest absolute Gasteiger partial charge is 0.497 e. The standard InChI is InChI=1S/C11H11NO2/c1-12-6-2-3-10(11(12)13)9-4-7-14-8-5-9/h2-7H,8H2,1H3. The lowest BCUT2D eigenvalue weighted by Gasteiger charge is -2.08. The van der Waals surface area contributed by atoms with E-state index in [0.717, 1.165) is 11.1 Å². The highest BCUT2D eigenvalue weighted by molar-refractivity contribution is 5.73. The smallest absolute Gasteiger partial charge is 0.258 e. The summed E-state index contributed by atoms with van der Waals surface area (Å²) >= 11 is 0. The maximum atomic E-state index is 11.7. The Kier molecular flexibility index (Phi) is 2.23. The first kappa shape index (κ1) is 8.81. The van der Waals surface area contributed by atoms with E-state index in [0.29, 0.717) is 6.61 Å². The van der Waals surface area contributed by atoms with Crippen molar-refractivity contribution >= 4 is 5.57 Å². The van der Waals surface area contributed by atoms with Crippen molar-refractivity contribution in [2.45, 2.75) is 0 Å². The molecule has 2 rings (SSSR count). The van der Waals surface area contributed by atoms with Crippen LogP contribution in [0.5, 0.6) is 0 Å². The predicted octanol–water partition coefficient (Wildman–Crippen LogP) is 1.31. The van der Waals surface area contributed by atoms with Crippen molar-refractivity contribution in [3.05, 3.63) is 52.7 Å². The first-order chi connectivity index (χ1) is 6.79. The zero-order valence-corrected chi connectivity index (χ0v) is 7.93. The van der Waals surface area contributed by atoms with Crippen molar-refractivity contribution in [3.63, 3.8) is 0 Å². The molecule has 3 nitrogen and oxygen atoms in total. The van der Waals surface area contributed by atoms with Crippen LogP contribution in [0, 0.1) is 0 Å². The van der Waals surface area contributed by atoms with E-state index in [1.807, 2.05) is 18.2 Å². The van der Waals surface area contributed by atoms with E-state index in [9.17, 15) is 4.79 Å². The van der Waals surface area contributed by atoms with Crippen molar-refractivity contribution in [2.75, 3.05) is 6.61 Å². The van der Waals surface area contributed by atoms with Crippen LogP contribution in [0.15, 0.2) is 41.5 Å². The Morgan fingerprint density at radius 1 is 1.50 bits per heavy atom. The minimum atomic E-state index is 0.0188. The monoisotopic (exact) mass is 189 g/mol. The highest BCUT2D eigenvalue weighted by Gasteiger charge is 2.06. The van der Waals surface area contributed by atoms with Gasteiger partial charge in [0.05, 0.1) is 6.26 Å². The third-order valence-corrected chi connectivity index (χ3v) is 2.18. The minimum absolute atomic E-state index is 0.0188. The molecule has 0 bridgehead atoms. The van der Waals surface area contributed by atoms with E-state index in [4.69, 9.17) is 4.74 Å². The van der Waals surface area contributed by atoms with Crippen molar-refractivity contribution in [3.8, 4) is 0 Å². The number of hydrogen-bond acceptors (Lipinski definition) is 2. The molecule has 0 unspecified atom stereocenters. The second kappa shape index (κ2) is 3.54. The van der Waals surface area contributed by atoms with Gasteiger partial charge in [-0.3, -0.25) is 4.79 Å². The molecule has 1 aromatic heterocycles. The molecule has 0 aromatic carbocycles. The summed E-state index contributed by atoms with van der Waals surface area (Å²) in [5.41, 5.74) is 1.66. The summed E-state index contributed by atoms with van der Waals surface area (Å²) in [5.74, 6) is 0. The first-order valence-corrected chi connectivity index (χ1v) is 4.43. The third-order valence-electron chi connectivity index (χ3n) is 2.18. The highest BCUT2D eigenvalue weighted by Crippen LogP contribution is 2.14. The van der Waals surface area contributed by atoms with Gasteiger partial charge in [-0.15, -0.1) is 0 Å². The maximum absolute atomic E-state index is 11.7. The van der Waals surface area contributed by atoms with E-state index >= 15 is 0 Å². The van der Waals surface area contributed by atoms with Gasteiger partial charge in [0, 0.05) is 18.8 Å². The first-order valence-electron chi connectivity index (χ1n) is 4.43. The molecule has 0 saturated heterocycles. The molecule has 1 aliphatic rings. The normalized spacial score (nSPS) is 14.8. The predicted molar refractivity (Wildman–Crippen MR) is 54.8 cm³/mol. The maximum Gasteiger partial charge on any atom is 0.258 e. The Morgan fingerprint density at radius 2 is 2.36 bits per heavy atom. The zero-order chi connectivity index (χ0) is 9.97. The Bertz CT molecular complexity index is 455. The fourth-order valence-electron chi connectivity index (χ4n) is 1.40. The summed E-state index contributed by atoms with van der Waals surface area (Å²) in [6, 6.07) is 3.69. The van der Waals surface area contributed by atoms with Crippen LogP contribution in [0.1, 0.15) is 5.56 Å². The van der Waals surface area contributed by atoms with Gasteiger partial charge in [-0.25, -0.2) is 0 Å². The SMILES string of the molecule is Cn1cccc(C2=CCOC=C2)c1=O. The molecule has 0 N–H and O–H groups in total. The summed E-state index contributed by atoms with van der Waals surface area (Å²) in [4.78, 5) is 11.7. The molecule has 1 aliphatic heterocycles. The van der Waals surface area contributed by atoms with Gasteiger partial charge in [0.15, 0.2) is 0 Å². The number of allylic oxidation sites excluding steroid dienone is 2. The van der Waals surface area contributed by atoms with Gasteiger partial charge in [-0.1, -0.05) is 0 Å². The molecule has 0 amide bonds. The van der Waals surface area contributed by atoms with Crippen LogP contribution in [0.4, 0.5) is 0 Å². The van der Waals surface area contributed by atoms with Gasteiger partial charge in [0.2, 0.25) is 0 Å². The number of rotatable bonds is 1. The summed E-state index contributed by atoms with van der Waals surface area (Å²) in [6.07, 6.45) is 7.06. The van der Waals surface area contributed by atoms with Gasteiger partial charge in [-0.05, 0) is 29.9 Å². The minimum Gasteiger partial charge on any atom is -0.497 e. The molecule has 0 radical (unpaired) electrons. The Morgan fingerprint density at radius 3 is 3.07 bits per heavy atom. The van der Waals surface area contributed by atoms with Crippen LogP contribution in [0.2, 0.25) is 0 Å². The highest BCUT2D eigenvalue weighted by atomic mass is 16.5. The van der Waals surface area contributed by atoms with Crippen LogP contribution in [0.3, 0.4) is 0 Å². The molecule has 3 heteroatoms. The average molecular weight is 189 g/mol. The Labute approximate surface area is 81.9 Å². The fraction of sp³-hybridized carbons (Fsp3) is 0.182. The van der Waals surface area contributed by atoms with Gasteiger partial charge in [0.25, 0.3) is 5.56 Å². The number of hydrogen-bond donors (Lipinski definition) is 0. The van der Waals surface area contributed by atoms with E-state index in [-0.39, 0.29) is 5.56 Å². The molecule has 0 spiro atoms. The molecule has 72 valence electrons. The van der Waals surface area contributed by atoms with Crippen molar-refractivity contribution in [2.24, 2.45) is 7.05 Å². The molecule has 0 atom stereocenters. The lowest BCUT2D eigenvalue weighted by atomic mass is 10.1. The van der Waals surface area contributed by atoms with Crippen LogP contribution in [-0.2, 0) is 11.8 Å². The second-order valence-electron chi connectivity index (χ2n) is 3.13. The van der Waals surface area contributed by atoms with Gasteiger partial charge in [0.1, 0.15) is 6.61 Å². The summed E-state index contributed by atoms with van der Waals surface area (Å²) in [5, 5.41) is 0. The van der Waals surface area contributed by atoms with Crippen molar-refractivity contribution in [1.29, 1.82) is 0 Å². The number of pyridine rings is 1. The summed E-state index contributed by atoms with van der Waals surface area (Å²) < 4.78 is 6.59. The number of nitrogens with zero attached hydrogens (tertiary/aromatic N) is 1. The Balaban J connectivity index is 2.51. The lowest BCUT2D eigenvalue weighted by molar-refractivity contribution is 0.287. The van der Waals surface area contributed by atoms with E-state index in [1.165, 1.54) is 0 Å². The van der Waals surface area contributed by atoms with Crippen molar-refractivity contribution < 1.29 is 4.74 Å². The van der Waals surface area contributed by atoms with Crippen LogP contribution in [-0.4, -0.2) is 11.2 Å². The molecule has 1 aromatic rings. The quantitative estimate of drug-likeness (QED) is 0.667. The second-order valence-corrected chi connectivity index (χ2v) is 3.13. The lowest BCUT2D eigenvalue weighted by Crippen LogP contribution is -2.19. The van der Waals surface area contributed by atoms with Crippen LogP contribution < -0.4 is 5.56 Å². The summed E-state index contributed by atoms with van der Waals surface area (Å²) in [7, 11) is 1.75. The molecular weight excluding hydrogens is 178 g/mol. The number of aromatic nitrogens is 1. The van der Waals surface area contributed by atoms with E-state index < -0.39 is 0 Å². The molecule has 14 heavy (non-hydrogen) atoms. The van der Waals surface area contributed by atoms with Crippen LogP contribution >= 0.6 is 0 Å². The summed E-state index contributed by atoms with van der Waals surface area (Å²) in [6.45, 7) is 0.532. The third kappa shape index (κ3) is 1.48. The van der Waals surface area contributed by atoms with Crippen molar-refractivity contribution in [1.82, 2.24) is 4.57 Å². The average Bonchev–Trinajstić information content (AvgIpc) is 2.23. The fourth-order valence-corrected chi connectivity index (χ4v) is 1.40. The van der Waals surface area contributed by atoms with Gasteiger partial charge < -0.3 is 9.30 Å². The topological polar surface area (TPSA) is 31.2 Å². The molecule has 0 aliphatic carbocycles. The zero-order valence-electron chi connectivity index (χ0n) is 7.93. The molecule has 0 saturated carbocycles. The molecule has 0 fully saturated rings. The molecular formula is C11H11NO2. The Hall–Kier alpha value is -1.77. The number of ether oxygens (including phenoxy) is 1. The van der Waals surface area contributed by atoms with Gasteiger partial charge >= 0.3 is 0 Å². The van der Waals surface area contributed by atoms with Crippen LogP contribution in [0.25, 0.3) is 5.57 Å². The molecule has 2 heterocycles. The van der Waals surface area contributed by atoms with E-state index in [2.05, 4.69) is 0 Å². The van der Waals surface area contributed by atoms with Gasteiger partial charge in [-0.2, -0.15) is 0 Å². The number of aryl methyl sites for hydroxylation is 1.